The van der Waals surface area contributed by atoms with Crippen LogP contribution >= 0.6 is 22.7 Å². The van der Waals surface area contributed by atoms with E-state index in [1.807, 2.05) is 69.1 Å². The highest BCUT2D eigenvalue weighted by Crippen LogP contribution is 2.44. The van der Waals surface area contributed by atoms with Crippen LogP contribution in [0.1, 0.15) is 25.8 Å². The van der Waals surface area contributed by atoms with Crippen LogP contribution in [0.2, 0.25) is 0 Å². The van der Waals surface area contributed by atoms with E-state index >= 15 is 0 Å². The highest BCUT2D eigenvalue weighted by atomic mass is 32.1. The molecule has 12 heterocycles. The van der Waals surface area contributed by atoms with Crippen LogP contribution in [0.4, 0.5) is 5.69 Å². The zero-order chi connectivity index (χ0) is 44.5. The lowest BCUT2D eigenvalue weighted by Crippen LogP contribution is -2.14. The van der Waals surface area contributed by atoms with E-state index in [9.17, 15) is 4.79 Å². The topological polar surface area (TPSA) is 195 Å². The summed E-state index contributed by atoms with van der Waals surface area (Å²) >= 11 is 3.25. The molecule has 0 unspecified atom stereocenters. The van der Waals surface area contributed by atoms with E-state index in [2.05, 4.69) is 93.1 Å². The van der Waals surface area contributed by atoms with Gasteiger partial charge in [-0.25, -0.2) is 9.97 Å². The third-order valence-electron chi connectivity index (χ3n) is 11.8. The van der Waals surface area contributed by atoms with Gasteiger partial charge in [0.25, 0.3) is 0 Å². The van der Waals surface area contributed by atoms with Crippen molar-refractivity contribution in [1.82, 2.24) is 60.3 Å². The van der Waals surface area contributed by atoms with Crippen LogP contribution in [0.3, 0.4) is 0 Å². The molecule has 66 heavy (non-hydrogen) atoms. The van der Waals surface area contributed by atoms with Crippen molar-refractivity contribution >= 4 is 78.1 Å². The lowest BCUT2D eigenvalue weighted by molar-refractivity contribution is -0.116. The third kappa shape index (κ3) is 6.81. The van der Waals surface area contributed by atoms with Crippen LogP contribution in [0.15, 0.2) is 120 Å². The second kappa shape index (κ2) is 15.8. The van der Waals surface area contributed by atoms with Crippen LogP contribution in [-0.2, 0) is 4.79 Å². The van der Waals surface area contributed by atoms with Gasteiger partial charge in [0.2, 0.25) is 5.91 Å². The standard InChI is InChI=1S/C50H37N13OS2/c1-25(2)10-45(64)55-29-11-28(15-52-16-29)40-14-32(46-50(59-40)49(63-61-46)42-12-30-34(27-7-9-65-22-27)18-53-20-43(30)57-42)36-23-66-24-37(36)35-19-54-21-44-31(35)13-41(56-44)48-47-39(60-62-48)5-4-38(58-47)33-17-51-8-6-26(33)3/h4-9,11-25,56-57H,10H2,1-3H3,(H,55,64)(H,60,62)(H,61,63). The van der Waals surface area contributed by atoms with E-state index in [4.69, 9.17) is 25.1 Å². The molecular formula is C50H37N13OS2. The largest absolute Gasteiger partial charge is 0.352 e. The van der Waals surface area contributed by atoms with E-state index in [0.29, 0.717) is 34.7 Å². The zero-order valence-electron chi connectivity index (χ0n) is 35.6. The summed E-state index contributed by atoms with van der Waals surface area (Å²) in [6.45, 7) is 6.10. The summed E-state index contributed by atoms with van der Waals surface area (Å²) in [5.41, 5.74) is 18.6. The fourth-order valence-electron chi connectivity index (χ4n) is 8.68. The van der Waals surface area contributed by atoms with Crippen LogP contribution in [0.25, 0.3) is 123 Å². The lowest BCUT2D eigenvalue weighted by atomic mass is 9.96. The number of nitrogens with zero attached hydrogens (tertiary/aromatic N) is 8. The van der Waals surface area contributed by atoms with Crippen LogP contribution in [0.5, 0.6) is 0 Å². The van der Waals surface area contributed by atoms with Crippen molar-refractivity contribution in [2.24, 2.45) is 5.92 Å². The van der Waals surface area contributed by atoms with Crippen LogP contribution < -0.4 is 5.32 Å². The number of amides is 1. The van der Waals surface area contributed by atoms with Crippen molar-refractivity contribution < 1.29 is 4.79 Å². The molecule has 0 aromatic carbocycles. The average molecular weight is 900 g/mol. The average Bonchev–Trinajstić information content (AvgIpc) is 4.19. The van der Waals surface area contributed by atoms with Crippen LogP contribution in [0, 0.1) is 12.8 Å². The number of carbonyl (C=O) groups is 1. The van der Waals surface area contributed by atoms with Crippen molar-refractivity contribution in [2.45, 2.75) is 27.2 Å². The molecule has 0 atom stereocenters. The molecule has 0 saturated heterocycles. The van der Waals surface area contributed by atoms with Gasteiger partial charge in [0.1, 0.15) is 22.4 Å². The minimum absolute atomic E-state index is 0.0692. The van der Waals surface area contributed by atoms with Gasteiger partial charge in [-0.15, -0.1) is 0 Å². The first-order chi connectivity index (χ1) is 32.3. The first kappa shape index (κ1) is 39.4. The maximum atomic E-state index is 12.9. The van der Waals surface area contributed by atoms with Crippen molar-refractivity contribution in [1.29, 1.82) is 0 Å². The molecule has 5 N–H and O–H groups in total. The van der Waals surface area contributed by atoms with Gasteiger partial charge in [0.05, 0.1) is 69.1 Å². The molecule has 14 nitrogen and oxygen atoms in total. The number of pyridine rings is 6. The van der Waals surface area contributed by atoms with Crippen molar-refractivity contribution in [3.63, 3.8) is 0 Å². The van der Waals surface area contributed by atoms with Gasteiger partial charge in [-0.1, -0.05) is 13.8 Å². The summed E-state index contributed by atoms with van der Waals surface area (Å²) in [5, 5.41) is 29.8. The Morgan fingerprint density at radius 2 is 1.33 bits per heavy atom. The number of rotatable bonds is 10. The van der Waals surface area contributed by atoms with E-state index in [1.54, 1.807) is 41.3 Å². The van der Waals surface area contributed by atoms with Crippen molar-refractivity contribution in [2.75, 3.05) is 5.32 Å². The fraction of sp³-hybridized carbons (Fsp3) is 0.100. The normalized spacial score (nSPS) is 11.8. The summed E-state index contributed by atoms with van der Waals surface area (Å²) < 4.78 is 0. The zero-order valence-corrected chi connectivity index (χ0v) is 37.3. The SMILES string of the molecule is Cc1ccncc1-c1ccc2[nH]nc(-c3cc4c(-c5cscc5-c5cc(-c6cncc(NC(=O)CC(C)C)c6)nc6c(-c7cc8c(-c9ccsc9)cncc8[nH]7)n[nH]c56)cncc4[nH]3)c2n1. The van der Waals surface area contributed by atoms with E-state index in [0.717, 1.165) is 106 Å². The Morgan fingerprint density at radius 3 is 2.11 bits per heavy atom. The number of aryl methyl sites for hydroxylation is 1. The molecule has 320 valence electrons. The highest BCUT2D eigenvalue weighted by Gasteiger charge is 2.24. The second-order valence-corrected chi connectivity index (χ2v) is 18.2. The maximum Gasteiger partial charge on any atom is 0.224 e. The lowest BCUT2D eigenvalue weighted by Gasteiger charge is -2.11. The Hall–Kier alpha value is -8.21. The Balaban J connectivity index is 1.00. The number of aromatic amines is 4. The molecule has 0 fully saturated rings. The number of carbonyl (C=O) groups excluding carboxylic acids is 1. The van der Waals surface area contributed by atoms with E-state index in [-0.39, 0.29) is 11.8 Å². The van der Waals surface area contributed by atoms with E-state index < -0.39 is 0 Å². The van der Waals surface area contributed by atoms with Gasteiger partial charge in [-0.05, 0) is 94.0 Å². The van der Waals surface area contributed by atoms with Gasteiger partial charge in [-0.2, -0.15) is 32.9 Å². The molecule has 16 heteroatoms. The predicted octanol–water partition coefficient (Wildman–Crippen LogP) is 11.9. The third-order valence-corrected chi connectivity index (χ3v) is 13.3. The monoisotopic (exact) mass is 899 g/mol. The van der Waals surface area contributed by atoms with Crippen molar-refractivity contribution in [3.05, 3.63) is 125 Å². The summed E-state index contributed by atoms with van der Waals surface area (Å²) in [7, 11) is 0. The predicted molar refractivity (Wildman–Crippen MR) is 263 cm³/mol. The molecule has 12 rings (SSSR count). The molecule has 0 spiro atoms. The molecule has 0 aliphatic rings. The second-order valence-electron chi connectivity index (χ2n) is 16.7. The molecule has 1 amide bonds. The van der Waals surface area contributed by atoms with Gasteiger partial charge >= 0.3 is 0 Å². The molecule has 0 radical (unpaired) electrons. The first-order valence-corrected chi connectivity index (χ1v) is 23.2. The summed E-state index contributed by atoms with van der Waals surface area (Å²) in [4.78, 5) is 48.6. The number of hydrogen-bond acceptors (Lipinski definition) is 11. The highest BCUT2D eigenvalue weighted by molar-refractivity contribution is 7.09. The van der Waals surface area contributed by atoms with Crippen LogP contribution in [-0.4, -0.2) is 66.2 Å². The Kier molecular flexibility index (Phi) is 9.43. The summed E-state index contributed by atoms with van der Waals surface area (Å²) in [6, 6.07) is 16.3. The molecule has 0 bridgehead atoms. The Labute approximate surface area is 383 Å². The molecule has 0 aliphatic carbocycles. The van der Waals surface area contributed by atoms with Crippen molar-refractivity contribution in [3.8, 4) is 78.7 Å². The number of fused-ring (bicyclic) bond motifs is 4. The molecule has 12 aromatic rings. The minimum Gasteiger partial charge on any atom is -0.352 e. The minimum atomic E-state index is -0.0692. The number of hydrogen-bond donors (Lipinski definition) is 5. The number of anilines is 1. The quantitative estimate of drug-likeness (QED) is 0.0887. The molecular weight excluding hydrogens is 863 g/mol. The maximum absolute atomic E-state index is 12.9. The first-order valence-electron chi connectivity index (χ1n) is 21.3. The Bertz CT molecular complexity index is 3820. The van der Waals surface area contributed by atoms with Gasteiger partial charge in [0, 0.05) is 87.1 Å². The fourth-order valence-corrected chi connectivity index (χ4v) is 10.2. The molecule has 0 aliphatic heterocycles. The number of aromatic nitrogens is 12. The van der Waals surface area contributed by atoms with Gasteiger partial charge in [0.15, 0.2) is 0 Å². The number of H-pyrrole nitrogens is 4. The smallest absolute Gasteiger partial charge is 0.224 e. The number of thiophene rings is 2. The summed E-state index contributed by atoms with van der Waals surface area (Å²) in [5.74, 6) is 0.144. The molecule has 12 aromatic heterocycles. The Morgan fingerprint density at radius 1 is 0.621 bits per heavy atom. The summed E-state index contributed by atoms with van der Waals surface area (Å²) in [6.07, 6.45) is 14.9. The van der Waals surface area contributed by atoms with E-state index in [1.165, 1.54) is 0 Å². The van der Waals surface area contributed by atoms with Gasteiger partial charge < -0.3 is 15.3 Å². The molecule has 0 saturated carbocycles. The van der Waals surface area contributed by atoms with Gasteiger partial charge in [-0.3, -0.25) is 34.9 Å². The number of nitrogens with one attached hydrogen (secondary N) is 5.